The molecule has 1 aromatic heterocycles. The zero-order valence-electron chi connectivity index (χ0n) is 28.3. The molecule has 0 amide bonds. The highest BCUT2D eigenvalue weighted by Gasteiger charge is 2.60. The van der Waals surface area contributed by atoms with E-state index in [9.17, 15) is 0 Å². The van der Waals surface area contributed by atoms with Gasteiger partial charge in [-0.15, -0.1) is 17.9 Å². The molecule has 0 saturated carbocycles. The molecule has 7 nitrogen and oxygen atoms in total. The highest BCUT2D eigenvalue weighted by molar-refractivity contribution is 7.09. The minimum absolute atomic E-state index is 0.230. The van der Waals surface area contributed by atoms with Crippen molar-refractivity contribution in [1.29, 1.82) is 0 Å². The van der Waals surface area contributed by atoms with E-state index in [1.54, 1.807) is 6.20 Å². The predicted octanol–water partition coefficient (Wildman–Crippen LogP) is 8.65. The summed E-state index contributed by atoms with van der Waals surface area (Å²) < 4.78 is 41.1. The maximum atomic E-state index is 7.17. The molecule has 1 saturated heterocycles. The van der Waals surface area contributed by atoms with Crippen molar-refractivity contribution in [3.63, 3.8) is 0 Å². The van der Waals surface area contributed by atoms with Gasteiger partial charge in [0.05, 0.1) is 39.6 Å². The standard InChI is InChI=1S/C42H45NO6S/c1-2-3-16-26-48-42(41-43-25-27-50-41)40(47-31-36-23-14-7-15-24-36)39(46-30-35-21-12-6-13-22-35)38(45-29-34-19-10-5-11-20-34)37(49-42)32-44-28-33-17-8-4-9-18-33/h2,4-15,17-25,27,37-40H,1,3,16,26,28-32H2/t37-,38+,39+,40-,42+/m1/s1. The number of thiazole rings is 1. The maximum absolute atomic E-state index is 7.17. The number of benzene rings is 4. The summed E-state index contributed by atoms with van der Waals surface area (Å²) in [4.78, 5) is 4.78. The molecule has 0 aliphatic carbocycles. The third kappa shape index (κ3) is 9.62. The van der Waals surface area contributed by atoms with Crippen LogP contribution in [0.2, 0.25) is 0 Å². The van der Waals surface area contributed by atoms with Crippen LogP contribution in [0.1, 0.15) is 40.1 Å². The molecule has 4 aromatic carbocycles. The van der Waals surface area contributed by atoms with Crippen molar-refractivity contribution in [1.82, 2.24) is 4.98 Å². The van der Waals surface area contributed by atoms with Gasteiger partial charge in [-0.05, 0) is 35.1 Å². The first kappa shape index (κ1) is 35.8. The molecule has 0 spiro atoms. The quantitative estimate of drug-likeness (QED) is 0.0634. The van der Waals surface area contributed by atoms with Gasteiger partial charge in [-0.25, -0.2) is 4.98 Å². The van der Waals surface area contributed by atoms with Crippen LogP contribution in [0, 0.1) is 0 Å². The summed E-state index contributed by atoms with van der Waals surface area (Å²) in [5, 5.41) is 2.58. The summed E-state index contributed by atoms with van der Waals surface area (Å²) in [6.07, 6.45) is 2.64. The van der Waals surface area contributed by atoms with Crippen LogP contribution in [0.4, 0.5) is 0 Å². The van der Waals surface area contributed by atoms with Gasteiger partial charge in [0.1, 0.15) is 24.4 Å². The fourth-order valence-electron chi connectivity index (χ4n) is 6.03. The molecule has 1 aliphatic rings. The van der Waals surface area contributed by atoms with Gasteiger partial charge in [0.25, 0.3) is 5.79 Å². The van der Waals surface area contributed by atoms with Crippen LogP contribution in [0.15, 0.2) is 146 Å². The van der Waals surface area contributed by atoms with Gasteiger partial charge >= 0.3 is 0 Å². The Morgan fingerprint density at radius 2 is 1.20 bits per heavy atom. The molecule has 8 heteroatoms. The highest BCUT2D eigenvalue weighted by atomic mass is 32.1. The van der Waals surface area contributed by atoms with Crippen LogP contribution >= 0.6 is 11.3 Å². The van der Waals surface area contributed by atoms with Crippen molar-refractivity contribution < 1.29 is 28.4 Å². The van der Waals surface area contributed by atoms with Crippen LogP contribution in [0.25, 0.3) is 0 Å². The van der Waals surface area contributed by atoms with Gasteiger partial charge in [-0.1, -0.05) is 127 Å². The molecule has 0 unspecified atom stereocenters. The molecular weight excluding hydrogens is 647 g/mol. The Bertz CT molecular complexity index is 1660. The highest BCUT2D eigenvalue weighted by Crippen LogP contribution is 2.45. The number of unbranched alkanes of at least 4 members (excludes halogenated alkanes) is 1. The van der Waals surface area contributed by atoms with Crippen LogP contribution in [-0.2, 0) is 60.6 Å². The van der Waals surface area contributed by atoms with E-state index in [2.05, 4.69) is 30.8 Å². The van der Waals surface area contributed by atoms with E-state index in [0.717, 1.165) is 35.1 Å². The van der Waals surface area contributed by atoms with Gasteiger partial charge < -0.3 is 28.4 Å². The molecule has 5 atom stereocenters. The Labute approximate surface area is 299 Å². The molecule has 0 bridgehead atoms. The smallest absolute Gasteiger partial charge is 0.252 e. The molecule has 2 heterocycles. The first-order chi connectivity index (χ1) is 24.7. The Morgan fingerprint density at radius 1 is 0.680 bits per heavy atom. The molecule has 260 valence electrons. The van der Waals surface area contributed by atoms with Gasteiger partial charge in [-0.2, -0.15) is 0 Å². The van der Waals surface area contributed by atoms with E-state index >= 15 is 0 Å². The van der Waals surface area contributed by atoms with Crippen LogP contribution in [0.3, 0.4) is 0 Å². The van der Waals surface area contributed by atoms with Gasteiger partial charge in [0.2, 0.25) is 0 Å². The molecule has 0 radical (unpaired) electrons. The summed E-state index contributed by atoms with van der Waals surface area (Å²) >= 11 is 1.47. The average Bonchev–Trinajstić information content (AvgIpc) is 3.72. The van der Waals surface area contributed by atoms with Crippen LogP contribution in [0.5, 0.6) is 0 Å². The van der Waals surface area contributed by atoms with Gasteiger partial charge in [-0.3, -0.25) is 0 Å². The third-order valence-corrected chi connectivity index (χ3v) is 9.40. The summed E-state index contributed by atoms with van der Waals surface area (Å²) in [6.45, 7) is 5.95. The van der Waals surface area contributed by atoms with Crippen molar-refractivity contribution in [2.75, 3.05) is 13.2 Å². The second-order valence-electron chi connectivity index (χ2n) is 12.2. The number of ether oxygens (including phenoxy) is 6. The minimum atomic E-state index is -1.40. The monoisotopic (exact) mass is 691 g/mol. The summed E-state index contributed by atoms with van der Waals surface area (Å²) in [7, 11) is 0. The van der Waals surface area contributed by atoms with E-state index in [-0.39, 0.29) is 6.61 Å². The number of rotatable bonds is 19. The van der Waals surface area contributed by atoms with Crippen molar-refractivity contribution in [2.24, 2.45) is 0 Å². The molecule has 50 heavy (non-hydrogen) atoms. The molecule has 6 rings (SSSR count). The van der Waals surface area contributed by atoms with Crippen LogP contribution in [-0.4, -0.2) is 42.6 Å². The summed E-state index contributed by atoms with van der Waals surface area (Å²) in [5.41, 5.74) is 4.16. The van der Waals surface area contributed by atoms with Crippen molar-refractivity contribution >= 4 is 11.3 Å². The van der Waals surface area contributed by atoms with Crippen molar-refractivity contribution in [2.45, 2.75) is 69.5 Å². The lowest BCUT2D eigenvalue weighted by Gasteiger charge is -2.51. The molecule has 1 fully saturated rings. The first-order valence-corrected chi connectivity index (χ1v) is 18.0. The van der Waals surface area contributed by atoms with Crippen LogP contribution < -0.4 is 0 Å². The minimum Gasteiger partial charge on any atom is -0.374 e. The Balaban J connectivity index is 1.40. The van der Waals surface area contributed by atoms with E-state index < -0.39 is 30.2 Å². The Hall–Kier alpha value is -3.99. The fraction of sp³-hybridized carbons (Fsp3) is 0.310. The van der Waals surface area contributed by atoms with Gasteiger partial charge in [0.15, 0.2) is 5.01 Å². The Kier molecular flexibility index (Phi) is 13.5. The molecule has 0 N–H and O–H groups in total. The van der Waals surface area contributed by atoms with Crippen molar-refractivity contribution in [3.05, 3.63) is 173 Å². The number of hydrogen-bond acceptors (Lipinski definition) is 8. The van der Waals surface area contributed by atoms with E-state index in [1.165, 1.54) is 11.3 Å². The number of allylic oxidation sites excluding steroid dienone is 1. The normalized spacial score (nSPS) is 21.9. The largest absolute Gasteiger partial charge is 0.374 e. The molecular formula is C42H45NO6S. The fourth-order valence-corrected chi connectivity index (χ4v) is 6.79. The SMILES string of the molecule is C=CCCCO[C@]1(c2nccs2)O[C@H](COCc2ccccc2)[C@H](OCc2ccccc2)[C@H](OCc2ccccc2)[C@H]1OCc1ccccc1. The second kappa shape index (κ2) is 18.8. The second-order valence-corrected chi connectivity index (χ2v) is 13.1. The summed E-state index contributed by atoms with van der Waals surface area (Å²) in [5.74, 6) is -1.40. The topological polar surface area (TPSA) is 68.3 Å². The summed E-state index contributed by atoms with van der Waals surface area (Å²) in [6, 6.07) is 40.5. The third-order valence-electron chi connectivity index (χ3n) is 8.53. The van der Waals surface area contributed by atoms with Gasteiger partial charge in [0, 0.05) is 11.6 Å². The lowest BCUT2D eigenvalue weighted by molar-refractivity contribution is -0.391. The number of aromatic nitrogens is 1. The predicted molar refractivity (Wildman–Crippen MR) is 195 cm³/mol. The lowest BCUT2D eigenvalue weighted by atomic mass is 9.91. The number of hydrogen-bond donors (Lipinski definition) is 0. The first-order valence-electron chi connectivity index (χ1n) is 17.2. The van der Waals surface area contributed by atoms with E-state index in [0.29, 0.717) is 38.0 Å². The van der Waals surface area contributed by atoms with E-state index in [1.807, 2.05) is 109 Å². The maximum Gasteiger partial charge on any atom is 0.252 e. The zero-order valence-corrected chi connectivity index (χ0v) is 29.1. The molecule has 1 aliphatic heterocycles. The molecule has 5 aromatic rings. The van der Waals surface area contributed by atoms with E-state index in [4.69, 9.17) is 33.4 Å². The number of nitrogens with zero attached hydrogens (tertiary/aromatic N) is 1. The zero-order chi connectivity index (χ0) is 34.3. The average molecular weight is 692 g/mol. The van der Waals surface area contributed by atoms with Crippen molar-refractivity contribution in [3.8, 4) is 0 Å². The Morgan fingerprint density at radius 3 is 1.72 bits per heavy atom. The lowest BCUT2D eigenvalue weighted by Crippen LogP contribution is -2.66.